The topological polar surface area (TPSA) is 40.6 Å². The van der Waals surface area contributed by atoms with Gasteiger partial charge in [0.15, 0.2) is 0 Å². The minimum absolute atomic E-state index is 0.263. The van der Waals surface area contributed by atoms with E-state index < -0.39 is 15.3 Å². The summed E-state index contributed by atoms with van der Waals surface area (Å²) in [4.78, 5) is 2.67. The minimum Gasteiger partial charge on any atom is -0.299 e. The first-order valence-corrected chi connectivity index (χ1v) is 14.6. The zero-order chi connectivity index (χ0) is 23.3. The highest BCUT2D eigenvalue weighted by Crippen LogP contribution is 2.43. The molecule has 2 heterocycles. The quantitative estimate of drug-likeness (QED) is 0.518. The first-order valence-electron chi connectivity index (χ1n) is 13.1. The first kappa shape index (κ1) is 22.5. The molecule has 3 fully saturated rings. The van der Waals surface area contributed by atoms with Crippen LogP contribution in [0.4, 0.5) is 0 Å². The molecule has 180 valence electrons. The van der Waals surface area contributed by atoms with Gasteiger partial charge in [0.2, 0.25) is 10.0 Å². The highest BCUT2D eigenvalue weighted by Gasteiger charge is 2.44. The molecule has 0 spiro atoms. The lowest BCUT2D eigenvalue weighted by Gasteiger charge is -2.43. The lowest BCUT2D eigenvalue weighted by Crippen LogP contribution is -2.53. The zero-order valence-electron chi connectivity index (χ0n) is 20.0. The van der Waals surface area contributed by atoms with E-state index in [0.29, 0.717) is 31.0 Å². The summed E-state index contributed by atoms with van der Waals surface area (Å²) in [5.41, 5.74) is 5.70. The molecule has 2 saturated heterocycles. The molecule has 2 aromatic rings. The van der Waals surface area contributed by atoms with Gasteiger partial charge in [0.05, 0.1) is 5.25 Å². The summed E-state index contributed by atoms with van der Waals surface area (Å²) in [6.07, 6.45) is 8.37. The van der Waals surface area contributed by atoms with E-state index in [4.69, 9.17) is 0 Å². The van der Waals surface area contributed by atoms with Crippen molar-refractivity contribution in [3.63, 3.8) is 0 Å². The van der Waals surface area contributed by atoms with Crippen LogP contribution >= 0.6 is 0 Å². The van der Waals surface area contributed by atoms with Crippen LogP contribution in [0.15, 0.2) is 61.2 Å². The molecule has 0 N–H and O–H groups in total. The Bertz CT molecular complexity index is 1150. The van der Waals surface area contributed by atoms with Crippen LogP contribution in [0.3, 0.4) is 0 Å². The van der Waals surface area contributed by atoms with Crippen LogP contribution in [0.2, 0.25) is 0 Å². The third-order valence-electron chi connectivity index (χ3n) is 8.99. The standard InChI is InChI=1S/C29H36N2O2S/c1-2-29(22-10-6-11-22)34(32,33)31-19-25(20-31)23-12-13-24-18-28(30-14-7-15-30)27(26(24)17-23)16-21-8-4-3-5-9-21/h2-5,8-9,12-13,17,22,25,27-29H,1,6-7,10-11,14-16,18-20H2. The molecule has 0 radical (unpaired) electrons. The van der Waals surface area contributed by atoms with E-state index in [2.05, 4.69) is 60.0 Å². The van der Waals surface area contributed by atoms with Crippen LogP contribution in [0.1, 0.15) is 59.8 Å². The fourth-order valence-electron chi connectivity index (χ4n) is 6.50. The number of likely N-dealkylation sites (tertiary alicyclic amines) is 1. The summed E-state index contributed by atoms with van der Waals surface area (Å²) in [6.45, 7) is 7.51. The highest BCUT2D eigenvalue weighted by molar-refractivity contribution is 7.90. The highest BCUT2D eigenvalue weighted by atomic mass is 32.2. The summed E-state index contributed by atoms with van der Waals surface area (Å²) < 4.78 is 28.1. The largest absolute Gasteiger partial charge is 0.299 e. The van der Waals surface area contributed by atoms with Gasteiger partial charge in [0, 0.05) is 31.0 Å². The molecule has 34 heavy (non-hydrogen) atoms. The second-order valence-corrected chi connectivity index (χ2v) is 13.0. The Kier molecular flexibility index (Phi) is 5.91. The summed E-state index contributed by atoms with van der Waals surface area (Å²) in [7, 11) is -3.29. The number of hydrogen-bond donors (Lipinski definition) is 0. The first-order chi connectivity index (χ1) is 16.5. The fourth-order valence-corrected chi connectivity index (χ4v) is 8.62. The molecule has 0 aromatic heterocycles. The smallest absolute Gasteiger partial charge is 0.220 e. The van der Waals surface area contributed by atoms with Crippen molar-refractivity contribution in [2.75, 3.05) is 26.2 Å². The Hall–Kier alpha value is -1.95. The van der Waals surface area contributed by atoms with Crippen molar-refractivity contribution in [3.8, 4) is 0 Å². The van der Waals surface area contributed by atoms with Gasteiger partial charge in [0.25, 0.3) is 0 Å². The van der Waals surface area contributed by atoms with Gasteiger partial charge < -0.3 is 0 Å². The van der Waals surface area contributed by atoms with Crippen LogP contribution in [0.5, 0.6) is 0 Å². The average Bonchev–Trinajstić information content (AvgIpc) is 3.06. The van der Waals surface area contributed by atoms with Gasteiger partial charge in [-0.3, -0.25) is 4.90 Å². The van der Waals surface area contributed by atoms with Gasteiger partial charge in [-0.05, 0) is 73.4 Å². The Morgan fingerprint density at radius 1 is 1.03 bits per heavy atom. The summed E-state index contributed by atoms with van der Waals surface area (Å²) in [5, 5.41) is -0.408. The molecule has 6 rings (SSSR count). The number of hydrogen-bond acceptors (Lipinski definition) is 3. The van der Waals surface area contributed by atoms with Gasteiger partial charge in [0.1, 0.15) is 0 Å². The summed E-state index contributed by atoms with van der Waals surface area (Å²) in [6, 6.07) is 18.5. The molecule has 1 saturated carbocycles. The van der Waals surface area contributed by atoms with Crippen molar-refractivity contribution in [3.05, 3.63) is 83.4 Å². The molecule has 4 aliphatic rings. The van der Waals surface area contributed by atoms with Crippen LogP contribution < -0.4 is 0 Å². The molecular formula is C29H36N2O2S. The molecular weight excluding hydrogens is 440 g/mol. The summed E-state index contributed by atoms with van der Waals surface area (Å²) >= 11 is 0. The van der Waals surface area contributed by atoms with E-state index in [9.17, 15) is 8.42 Å². The maximum atomic E-state index is 13.2. The van der Waals surface area contributed by atoms with E-state index in [1.54, 1.807) is 10.4 Å². The van der Waals surface area contributed by atoms with Crippen molar-refractivity contribution in [2.45, 2.75) is 61.7 Å². The molecule has 2 aliphatic heterocycles. The SMILES string of the molecule is C=CC(C1CCC1)S(=O)(=O)N1CC(c2ccc3c(c2)C(Cc2ccccc2)C(N2CCC2)C3)C1. The van der Waals surface area contributed by atoms with Crippen molar-refractivity contribution in [1.29, 1.82) is 0 Å². The van der Waals surface area contributed by atoms with Crippen LogP contribution in [-0.2, 0) is 22.9 Å². The summed E-state index contributed by atoms with van der Waals surface area (Å²) in [5.74, 6) is 1.08. The molecule has 4 nitrogen and oxygen atoms in total. The third kappa shape index (κ3) is 3.86. The van der Waals surface area contributed by atoms with Gasteiger partial charge >= 0.3 is 0 Å². The molecule has 0 amide bonds. The zero-order valence-corrected chi connectivity index (χ0v) is 20.8. The third-order valence-corrected chi connectivity index (χ3v) is 11.3. The van der Waals surface area contributed by atoms with Crippen LogP contribution in [0.25, 0.3) is 0 Å². The van der Waals surface area contributed by atoms with Crippen LogP contribution in [0, 0.1) is 5.92 Å². The molecule has 5 heteroatoms. The van der Waals surface area contributed by atoms with Crippen molar-refractivity contribution >= 4 is 10.0 Å². The fraction of sp³-hybridized carbons (Fsp3) is 0.517. The number of fused-ring (bicyclic) bond motifs is 1. The second-order valence-electron chi connectivity index (χ2n) is 10.9. The minimum atomic E-state index is -3.29. The van der Waals surface area contributed by atoms with Gasteiger partial charge in [-0.1, -0.05) is 61.0 Å². The van der Waals surface area contributed by atoms with E-state index in [1.807, 2.05) is 0 Å². The lowest BCUT2D eigenvalue weighted by atomic mass is 9.83. The number of rotatable bonds is 8. The number of nitrogens with zero attached hydrogens (tertiary/aromatic N) is 2. The predicted molar refractivity (Wildman–Crippen MR) is 138 cm³/mol. The molecule has 0 bridgehead atoms. The van der Waals surface area contributed by atoms with E-state index in [1.165, 1.54) is 41.8 Å². The second kappa shape index (κ2) is 8.92. The Balaban J connectivity index is 1.20. The average molecular weight is 477 g/mol. The van der Waals surface area contributed by atoms with E-state index >= 15 is 0 Å². The van der Waals surface area contributed by atoms with E-state index in [0.717, 1.165) is 32.1 Å². The van der Waals surface area contributed by atoms with Crippen molar-refractivity contribution < 1.29 is 8.42 Å². The van der Waals surface area contributed by atoms with Gasteiger partial charge in [-0.15, -0.1) is 6.58 Å². The van der Waals surface area contributed by atoms with Gasteiger partial charge in [-0.25, -0.2) is 12.7 Å². The van der Waals surface area contributed by atoms with Crippen molar-refractivity contribution in [2.24, 2.45) is 5.92 Å². The Morgan fingerprint density at radius 2 is 1.79 bits per heavy atom. The lowest BCUT2D eigenvalue weighted by molar-refractivity contribution is 0.106. The Labute approximate surface area is 204 Å². The predicted octanol–water partition coefficient (Wildman–Crippen LogP) is 4.73. The Morgan fingerprint density at radius 3 is 2.41 bits per heavy atom. The van der Waals surface area contributed by atoms with Gasteiger partial charge in [-0.2, -0.15) is 0 Å². The number of sulfonamides is 1. The van der Waals surface area contributed by atoms with Crippen molar-refractivity contribution in [1.82, 2.24) is 9.21 Å². The van der Waals surface area contributed by atoms with E-state index in [-0.39, 0.29) is 5.92 Å². The normalized spacial score (nSPS) is 26.8. The molecule has 3 unspecified atom stereocenters. The number of benzene rings is 2. The maximum absolute atomic E-state index is 13.2. The molecule has 2 aliphatic carbocycles. The van der Waals surface area contributed by atoms with Crippen LogP contribution in [-0.4, -0.2) is 55.1 Å². The maximum Gasteiger partial charge on any atom is 0.220 e. The molecule has 2 aromatic carbocycles. The monoisotopic (exact) mass is 476 g/mol. The molecule has 3 atom stereocenters.